The van der Waals surface area contributed by atoms with Crippen LogP contribution in [0.1, 0.15) is 39.0 Å². The van der Waals surface area contributed by atoms with Crippen LogP contribution in [-0.2, 0) is 15.0 Å². The third-order valence-corrected chi connectivity index (χ3v) is 6.21. The van der Waals surface area contributed by atoms with Gasteiger partial charge < -0.3 is 10.2 Å². The molecule has 0 saturated carbocycles. The van der Waals surface area contributed by atoms with Gasteiger partial charge in [0, 0.05) is 19.6 Å². The van der Waals surface area contributed by atoms with Crippen LogP contribution < -0.4 is 0 Å². The number of hydrogen-bond donors (Lipinski definition) is 2. The van der Waals surface area contributed by atoms with Crippen LogP contribution >= 0.6 is 0 Å². The van der Waals surface area contributed by atoms with Crippen molar-refractivity contribution >= 4 is 16.2 Å². The molecule has 2 heterocycles. The number of carbonyl (C=O) groups is 1. The number of aliphatic hydroxyl groups is 1. The zero-order valence-electron chi connectivity index (χ0n) is 11.7. The molecule has 20 heavy (non-hydrogen) atoms. The van der Waals surface area contributed by atoms with Crippen molar-refractivity contribution in [1.29, 1.82) is 0 Å². The van der Waals surface area contributed by atoms with Crippen molar-refractivity contribution in [2.75, 3.05) is 19.6 Å². The summed E-state index contributed by atoms with van der Waals surface area (Å²) in [5.74, 6) is -1.09. The first-order valence-corrected chi connectivity index (χ1v) is 8.36. The second-order valence-corrected chi connectivity index (χ2v) is 7.75. The van der Waals surface area contributed by atoms with E-state index >= 15 is 0 Å². The Morgan fingerprint density at radius 1 is 1.20 bits per heavy atom. The maximum absolute atomic E-state index is 12.6. The Morgan fingerprint density at radius 2 is 1.80 bits per heavy atom. The third kappa shape index (κ3) is 3.13. The minimum atomic E-state index is -3.75. The maximum Gasteiger partial charge on any atom is 0.322 e. The zero-order chi connectivity index (χ0) is 15.0. The lowest BCUT2D eigenvalue weighted by Gasteiger charge is -2.40. The molecule has 2 N–H and O–H groups in total. The summed E-state index contributed by atoms with van der Waals surface area (Å²) in [5.41, 5.74) is -0.833. The van der Waals surface area contributed by atoms with Gasteiger partial charge in [0.2, 0.25) is 0 Å². The quantitative estimate of drug-likeness (QED) is 0.766. The van der Waals surface area contributed by atoms with Gasteiger partial charge in [0.05, 0.1) is 5.60 Å². The van der Waals surface area contributed by atoms with Gasteiger partial charge in [0.1, 0.15) is 6.04 Å². The minimum absolute atomic E-state index is 0.234. The van der Waals surface area contributed by atoms with Crippen molar-refractivity contribution in [2.24, 2.45) is 0 Å². The van der Waals surface area contributed by atoms with E-state index in [1.165, 1.54) is 4.31 Å². The average Bonchev–Trinajstić information content (AvgIpc) is 2.38. The van der Waals surface area contributed by atoms with Gasteiger partial charge in [-0.25, -0.2) is 0 Å². The lowest BCUT2D eigenvalue weighted by molar-refractivity contribution is -0.142. The summed E-state index contributed by atoms with van der Waals surface area (Å²) in [5, 5.41) is 19.1. The molecule has 0 aliphatic carbocycles. The lowest BCUT2D eigenvalue weighted by atomic mass is 9.95. The highest BCUT2D eigenvalue weighted by molar-refractivity contribution is 7.86. The van der Waals surface area contributed by atoms with E-state index in [0.29, 0.717) is 25.7 Å². The Balaban J connectivity index is 2.15. The molecule has 2 aliphatic heterocycles. The van der Waals surface area contributed by atoms with Gasteiger partial charge in [0.15, 0.2) is 0 Å². The van der Waals surface area contributed by atoms with Gasteiger partial charge in [-0.2, -0.15) is 17.0 Å². The van der Waals surface area contributed by atoms with Crippen molar-refractivity contribution in [3.8, 4) is 0 Å². The molecule has 2 rings (SSSR count). The van der Waals surface area contributed by atoms with Crippen molar-refractivity contribution in [3.63, 3.8) is 0 Å². The van der Waals surface area contributed by atoms with Crippen molar-refractivity contribution < 1.29 is 23.4 Å². The molecule has 2 aliphatic rings. The normalized spacial score (nSPS) is 29.2. The average molecular weight is 306 g/mol. The molecule has 0 amide bonds. The summed E-state index contributed by atoms with van der Waals surface area (Å²) in [6.07, 6.45) is 2.53. The predicted molar refractivity (Wildman–Crippen MR) is 72.3 cm³/mol. The molecule has 0 aromatic rings. The van der Waals surface area contributed by atoms with Gasteiger partial charge in [-0.15, -0.1) is 0 Å². The van der Waals surface area contributed by atoms with E-state index in [0.717, 1.165) is 10.7 Å². The number of rotatable bonds is 3. The van der Waals surface area contributed by atoms with Crippen LogP contribution in [0.15, 0.2) is 0 Å². The summed E-state index contributed by atoms with van der Waals surface area (Å²) in [7, 11) is -3.75. The van der Waals surface area contributed by atoms with Crippen LogP contribution in [0.2, 0.25) is 0 Å². The van der Waals surface area contributed by atoms with E-state index in [1.54, 1.807) is 6.92 Å². The van der Waals surface area contributed by atoms with Gasteiger partial charge in [-0.1, -0.05) is 0 Å². The Morgan fingerprint density at radius 3 is 2.35 bits per heavy atom. The summed E-state index contributed by atoms with van der Waals surface area (Å²) >= 11 is 0. The fourth-order valence-corrected chi connectivity index (χ4v) is 4.59. The smallest absolute Gasteiger partial charge is 0.322 e. The van der Waals surface area contributed by atoms with Crippen molar-refractivity contribution in [2.45, 2.75) is 50.7 Å². The Bertz CT molecular complexity index is 466. The molecule has 0 aromatic heterocycles. The molecule has 1 atom stereocenters. The first-order chi connectivity index (χ1) is 9.24. The molecular formula is C12H22N2O5S. The highest BCUT2D eigenvalue weighted by atomic mass is 32.2. The van der Waals surface area contributed by atoms with Crippen molar-refractivity contribution in [1.82, 2.24) is 8.61 Å². The lowest BCUT2D eigenvalue weighted by Crippen LogP contribution is -2.56. The first-order valence-electron chi connectivity index (χ1n) is 6.96. The fourth-order valence-electron chi connectivity index (χ4n) is 2.77. The zero-order valence-corrected chi connectivity index (χ0v) is 12.5. The Kier molecular flexibility index (Phi) is 4.38. The second-order valence-electron chi connectivity index (χ2n) is 5.86. The molecule has 0 spiro atoms. The second kappa shape index (κ2) is 5.59. The van der Waals surface area contributed by atoms with E-state index in [4.69, 9.17) is 0 Å². The van der Waals surface area contributed by atoms with E-state index in [2.05, 4.69) is 0 Å². The monoisotopic (exact) mass is 306 g/mol. The number of hydrogen-bond acceptors (Lipinski definition) is 4. The van der Waals surface area contributed by atoms with Crippen LogP contribution in [0.4, 0.5) is 0 Å². The van der Waals surface area contributed by atoms with Gasteiger partial charge in [-0.3, -0.25) is 4.79 Å². The van der Waals surface area contributed by atoms with E-state index in [-0.39, 0.29) is 19.6 Å². The molecule has 1 unspecified atom stereocenters. The van der Waals surface area contributed by atoms with Crippen LogP contribution in [0, 0.1) is 0 Å². The van der Waals surface area contributed by atoms with Gasteiger partial charge in [-0.05, 0) is 39.0 Å². The molecule has 7 nitrogen and oxygen atoms in total. The topological polar surface area (TPSA) is 98.2 Å². The minimum Gasteiger partial charge on any atom is -0.480 e. The predicted octanol–water partition coefficient (Wildman–Crippen LogP) is 0.0171. The summed E-state index contributed by atoms with van der Waals surface area (Å²) < 4.78 is 27.6. The third-order valence-electron chi connectivity index (χ3n) is 4.16. The summed E-state index contributed by atoms with van der Waals surface area (Å²) in [6, 6.07) is -0.962. The number of carboxylic acid groups (broad SMARTS) is 1. The molecule has 8 heteroatoms. The maximum atomic E-state index is 12.6. The first kappa shape index (κ1) is 15.7. The van der Waals surface area contributed by atoms with E-state index < -0.39 is 27.8 Å². The molecule has 0 aromatic carbocycles. The summed E-state index contributed by atoms with van der Waals surface area (Å²) in [6.45, 7) is 2.42. The number of nitrogens with zero attached hydrogens (tertiary/aromatic N) is 2. The molecule has 2 fully saturated rings. The van der Waals surface area contributed by atoms with Crippen molar-refractivity contribution in [3.05, 3.63) is 0 Å². The molecule has 116 valence electrons. The SMILES string of the molecule is CC1(O)CCN(S(=O)(=O)N2CCCCC2C(=O)O)CC1. The van der Waals surface area contributed by atoms with Gasteiger partial charge >= 0.3 is 5.97 Å². The molecule has 0 bridgehead atoms. The van der Waals surface area contributed by atoms with Gasteiger partial charge in [0.25, 0.3) is 10.2 Å². The largest absolute Gasteiger partial charge is 0.480 e. The molecule has 0 radical (unpaired) electrons. The standard InChI is InChI=1S/C12H22N2O5S/c1-12(17)5-8-13(9-6-12)20(18,19)14-7-3-2-4-10(14)11(15)16/h10,17H,2-9H2,1H3,(H,15,16). The highest BCUT2D eigenvalue weighted by Gasteiger charge is 2.42. The number of piperidine rings is 2. The molecule has 2 saturated heterocycles. The fraction of sp³-hybridized carbons (Fsp3) is 0.917. The van der Waals surface area contributed by atoms with E-state index in [9.17, 15) is 23.4 Å². The van der Waals surface area contributed by atoms with Crippen LogP contribution in [0.25, 0.3) is 0 Å². The Hall–Kier alpha value is -0.700. The molecular weight excluding hydrogens is 284 g/mol. The summed E-state index contributed by atoms with van der Waals surface area (Å²) in [4.78, 5) is 11.2. The van der Waals surface area contributed by atoms with Crippen LogP contribution in [-0.4, -0.2) is 64.5 Å². The number of carboxylic acids is 1. The number of aliphatic carboxylic acids is 1. The van der Waals surface area contributed by atoms with Crippen LogP contribution in [0.5, 0.6) is 0 Å². The Labute approximate surface area is 119 Å². The van der Waals surface area contributed by atoms with E-state index in [1.807, 2.05) is 0 Å². The van der Waals surface area contributed by atoms with Crippen LogP contribution in [0.3, 0.4) is 0 Å². The highest BCUT2D eigenvalue weighted by Crippen LogP contribution is 2.28.